The Morgan fingerprint density at radius 2 is 2.24 bits per heavy atom. The fraction of sp³-hybridized carbons (Fsp3) is 0.769. The molecular weight excluding hydrogens is 216 g/mol. The van der Waals surface area contributed by atoms with Crippen molar-refractivity contribution in [2.24, 2.45) is 0 Å². The van der Waals surface area contributed by atoms with Crippen molar-refractivity contribution in [2.75, 3.05) is 20.3 Å². The molecule has 0 amide bonds. The van der Waals surface area contributed by atoms with Gasteiger partial charge in [-0.3, -0.25) is 0 Å². The van der Waals surface area contributed by atoms with Gasteiger partial charge in [0.1, 0.15) is 5.76 Å². The molecule has 1 aromatic heterocycles. The van der Waals surface area contributed by atoms with Crippen LogP contribution in [0.5, 0.6) is 0 Å². The van der Waals surface area contributed by atoms with Crippen LogP contribution in [0.15, 0.2) is 10.8 Å². The third kappa shape index (κ3) is 3.54. The molecule has 0 bridgehead atoms. The molecule has 0 unspecified atom stereocenters. The van der Waals surface area contributed by atoms with Gasteiger partial charge < -0.3 is 14.5 Å². The molecule has 0 spiro atoms. The topological polar surface area (TPSA) is 47.3 Å². The summed E-state index contributed by atoms with van der Waals surface area (Å²) in [6.07, 6.45) is 8.09. The molecule has 4 nitrogen and oxygen atoms in total. The maximum atomic E-state index is 5.58. The minimum Gasteiger partial charge on any atom is -0.448 e. The van der Waals surface area contributed by atoms with E-state index >= 15 is 0 Å². The van der Waals surface area contributed by atoms with Crippen LogP contribution in [0.3, 0.4) is 0 Å². The number of nitrogens with one attached hydrogen (secondary N) is 1. The molecule has 96 valence electrons. The highest BCUT2D eigenvalue weighted by Gasteiger charge is 2.21. The van der Waals surface area contributed by atoms with E-state index in [0.717, 1.165) is 31.2 Å². The van der Waals surface area contributed by atoms with Crippen LogP contribution in [0.25, 0.3) is 0 Å². The Hall–Kier alpha value is -0.870. The molecule has 1 saturated carbocycles. The van der Waals surface area contributed by atoms with Crippen molar-refractivity contribution in [3.05, 3.63) is 17.8 Å². The second kappa shape index (κ2) is 6.77. The highest BCUT2D eigenvalue weighted by molar-refractivity contribution is 5.13. The minimum absolute atomic E-state index is 0.588. The zero-order chi connectivity index (χ0) is 11.9. The number of hydrogen-bond donors (Lipinski definition) is 1. The van der Waals surface area contributed by atoms with E-state index in [1.807, 2.05) is 0 Å². The maximum absolute atomic E-state index is 5.58. The van der Waals surface area contributed by atoms with Crippen molar-refractivity contribution in [1.29, 1.82) is 0 Å². The molecule has 1 aromatic rings. The van der Waals surface area contributed by atoms with Gasteiger partial charge in [-0.25, -0.2) is 4.98 Å². The van der Waals surface area contributed by atoms with Gasteiger partial charge in [0.15, 0.2) is 6.39 Å². The Labute approximate surface area is 103 Å². The van der Waals surface area contributed by atoms with Crippen molar-refractivity contribution >= 4 is 0 Å². The lowest BCUT2D eigenvalue weighted by Crippen LogP contribution is -2.20. The van der Waals surface area contributed by atoms with Gasteiger partial charge in [-0.05, 0) is 12.8 Å². The van der Waals surface area contributed by atoms with Crippen LogP contribution < -0.4 is 5.32 Å². The molecule has 1 aliphatic carbocycles. The van der Waals surface area contributed by atoms with Gasteiger partial charge in [-0.1, -0.05) is 19.3 Å². The van der Waals surface area contributed by atoms with Crippen molar-refractivity contribution in [2.45, 2.75) is 44.6 Å². The van der Waals surface area contributed by atoms with E-state index in [4.69, 9.17) is 9.15 Å². The van der Waals surface area contributed by atoms with E-state index in [1.165, 1.54) is 32.1 Å². The first kappa shape index (κ1) is 12.6. The molecule has 2 rings (SSSR count). The number of rotatable bonds is 6. The molecule has 0 saturated heterocycles. The Kier molecular flexibility index (Phi) is 5.01. The molecule has 1 N–H and O–H groups in total. The molecular formula is C13H22N2O2. The van der Waals surface area contributed by atoms with Gasteiger partial charge >= 0.3 is 0 Å². The molecule has 1 heterocycles. The summed E-state index contributed by atoms with van der Waals surface area (Å²) < 4.78 is 10.6. The van der Waals surface area contributed by atoms with Crippen molar-refractivity contribution in [3.8, 4) is 0 Å². The fourth-order valence-corrected chi connectivity index (χ4v) is 2.49. The average molecular weight is 238 g/mol. The molecule has 1 fully saturated rings. The van der Waals surface area contributed by atoms with Gasteiger partial charge in [0, 0.05) is 26.1 Å². The van der Waals surface area contributed by atoms with Gasteiger partial charge in [-0.2, -0.15) is 0 Å². The van der Waals surface area contributed by atoms with Crippen LogP contribution >= 0.6 is 0 Å². The summed E-state index contributed by atoms with van der Waals surface area (Å²) in [5.41, 5.74) is 1.08. The first-order chi connectivity index (χ1) is 8.42. The van der Waals surface area contributed by atoms with Gasteiger partial charge in [-0.15, -0.1) is 0 Å². The highest BCUT2D eigenvalue weighted by atomic mass is 16.5. The number of nitrogens with zero attached hydrogens (tertiary/aromatic N) is 1. The second-order valence-electron chi connectivity index (χ2n) is 4.67. The number of oxazole rings is 1. The van der Waals surface area contributed by atoms with Crippen molar-refractivity contribution < 1.29 is 9.15 Å². The molecule has 17 heavy (non-hydrogen) atoms. The summed E-state index contributed by atoms with van der Waals surface area (Å²) >= 11 is 0. The van der Waals surface area contributed by atoms with E-state index in [-0.39, 0.29) is 0 Å². The third-order valence-electron chi connectivity index (χ3n) is 3.42. The monoisotopic (exact) mass is 238 g/mol. The zero-order valence-corrected chi connectivity index (χ0v) is 10.6. The maximum Gasteiger partial charge on any atom is 0.181 e. The number of ether oxygens (including phenoxy) is 1. The molecule has 1 aliphatic rings. The molecule has 0 aromatic carbocycles. The molecule has 4 heteroatoms. The first-order valence-corrected chi connectivity index (χ1v) is 6.53. The standard InChI is InChI=1S/C13H22N2O2/c1-16-8-7-14-9-12-13(17-10-15-12)11-5-3-2-4-6-11/h10-11,14H,2-9H2,1H3. The Balaban J connectivity index is 1.87. The summed E-state index contributed by atoms with van der Waals surface area (Å²) in [7, 11) is 1.71. The van der Waals surface area contributed by atoms with Crippen LogP contribution in [0.1, 0.15) is 49.5 Å². The highest BCUT2D eigenvalue weighted by Crippen LogP contribution is 2.34. The summed E-state index contributed by atoms with van der Waals surface area (Å²) in [5.74, 6) is 1.69. The Morgan fingerprint density at radius 3 is 3.00 bits per heavy atom. The number of hydrogen-bond acceptors (Lipinski definition) is 4. The lowest BCUT2D eigenvalue weighted by molar-refractivity contribution is 0.199. The molecule has 0 aliphatic heterocycles. The van der Waals surface area contributed by atoms with E-state index < -0.39 is 0 Å². The minimum atomic E-state index is 0.588. The van der Waals surface area contributed by atoms with Gasteiger partial charge in [0.25, 0.3) is 0 Å². The smallest absolute Gasteiger partial charge is 0.181 e. The summed E-state index contributed by atoms with van der Waals surface area (Å²) in [4.78, 5) is 4.32. The Morgan fingerprint density at radius 1 is 1.41 bits per heavy atom. The van der Waals surface area contributed by atoms with Crippen LogP contribution in [-0.4, -0.2) is 25.2 Å². The van der Waals surface area contributed by atoms with Crippen molar-refractivity contribution in [1.82, 2.24) is 10.3 Å². The number of methoxy groups -OCH3 is 1. The van der Waals surface area contributed by atoms with E-state index in [1.54, 1.807) is 13.5 Å². The summed E-state index contributed by atoms with van der Waals surface area (Å²) in [6, 6.07) is 0. The first-order valence-electron chi connectivity index (χ1n) is 6.53. The van der Waals surface area contributed by atoms with E-state index in [9.17, 15) is 0 Å². The van der Waals surface area contributed by atoms with Crippen LogP contribution in [0, 0.1) is 0 Å². The van der Waals surface area contributed by atoms with E-state index in [2.05, 4.69) is 10.3 Å². The van der Waals surface area contributed by atoms with Crippen LogP contribution in [0.2, 0.25) is 0 Å². The van der Waals surface area contributed by atoms with Crippen molar-refractivity contribution in [3.63, 3.8) is 0 Å². The van der Waals surface area contributed by atoms with Crippen LogP contribution in [-0.2, 0) is 11.3 Å². The third-order valence-corrected chi connectivity index (χ3v) is 3.42. The lowest BCUT2D eigenvalue weighted by atomic mass is 9.87. The zero-order valence-electron chi connectivity index (χ0n) is 10.6. The summed E-state index contributed by atoms with van der Waals surface area (Å²) in [5, 5.41) is 3.32. The number of aromatic nitrogens is 1. The average Bonchev–Trinajstić information content (AvgIpc) is 2.84. The predicted octanol–water partition coefficient (Wildman–Crippen LogP) is 2.46. The predicted molar refractivity (Wildman–Crippen MR) is 65.9 cm³/mol. The van der Waals surface area contributed by atoms with Gasteiger partial charge in [0.2, 0.25) is 0 Å². The van der Waals surface area contributed by atoms with Gasteiger partial charge in [0.05, 0.1) is 12.3 Å². The van der Waals surface area contributed by atoms with E-state index in [0.29, 0.717) is 5.92 Å². The second-order valence-corrected chi connectivity index (χ2v) is 4.67. The molecule has 0 radical (unpaired) electrons. The summed E-state index contributed by atoms with van der Waals surface area (Å²) in [6.45, 7) is 2.37. The largest absolute Gasteiger partial charge is 0.448 e. The molecule has 0 atom stereocenters. The van der Waals surface area contributed by atoms with Crippen LogP contribution in [0.4, 0.5) is 0 Å². The Bertz CT molecular complexity index is 319. The SMILES string of the molecule is COCCNCc1ncoc1C1CCCCC1. The quantitative estimate of drug-likeness (QED) is 0.773. The normalized spacial score (nSPS) is 17.5. The fourth-order valence-electron chi connectivity index (χ4n) is 2.49. The lowest BCUT2D eigenvalue weighted by Gasteiger charge is -2.20.